The average molecular weight is 378 g/mol. The maximum atomic E-state index is 13.7. The first-order chi connectivity index (χ1) is 12.4. The lowest BCUT2D eigenvalue weighted by atomic mass is 10.0. The number of carbonyl (C=O) groups excluding carboxylic acids is 2. The van der Waals surface area contributed by atoms with Crippen molar-refractivity contribution in [3.63, 3.8) is 0 Å². The molecular weight excluding hydrogens is 351 g/mol. The van der Waals surface area contributed by atoms with Crippen LogP contribution in [0.1, 0.15) is 57.0 Å². The van der Waals surface area contributed by atoms with Gasteiger partial charge >= 0.3 is 6.09 Å². The Bertz CT molecular complexity index is 766. The Kier molecular flexibility index (Phi) is 5.92. The van der Waals surface area contributed by atoms with Crippen molar-refractivity contribution in [1.29, 1.82) is 0 Å². The zero-order chi connectivity index (χ0) is 20.4. The summed E-state index contributed by atoms with van der Waals surface area (Å²) in [6.07, 6.45) is -0.483. The first-order valence-electron chi connectivity index (χ1n) is 8.88. The molecule has 1 aromatic rings. The topological polar surface area (TPSA) is 68.2 Å². The van der Waals surface area contributed by atoms with Crippen LogP contribution in [0.15, 0.2) is 23.2 Å². The van der Waals surface area contributed by atoms with Crippen molar-refractivity contribution in [3.8, 4) is 0 Å². The third-order valence-electron chi connectivity index (χ3n) is 3.86. The third-order valence-corrected chi connectivity index (χ3v) is 3.86. The van der Waals surface area contributed by atoms with E-state index in [2.05, 4.69) is 4.99 Å². The van der Waals surface area contributed by atoms with E-state index in [9.17, 15) is 14.0 Å². The van der Waals surface area contributed by atoms with Crippen LogP contribution in [0.25, 0.3) is 0 Å². The lowest BCUT2D eigenvalue weighted by molar-refractivity contribution is 0.0298. The van der Waals surface area contributed by atoms with E-state index in [1.165, 1.54) is 23.1 Å². The molecule has 0 N–H and O–H groups in total. The van der Waals surface area contributed by atoms with E-state index in [-0.39, 0.29) is 29.9 Å². The summed E-state index contributed by atoms with van der Waals surface area (Å²) in [6, 6.07) is 3.96. The van der Waals surface area contributed by atoms with Crippen LogP contribution in [-0.2, 0) is 9.47 Å². The van der Waals surface area contributed by atoms with Crippen LogP contribution in [0.4, 0.5) is 9.18 Å². The fraction of sp³-hybridized carbons (Fsp3) is 0.550. The van der Waals surface area contributed by atoms with Crippen LogP contribution < -0.4 is 0 Å². The standard InChI is InChI=1S/C20H27FN2O4/c1-19(2,3)27-18(25)23(6)10-9-16(24)15-11-13(21)7-8-14(15)17-22-20(4,5)12-26-17/h7-8,11H,9-10,12H2,1-6H3. The maximum Gasteiger partial charge on any atom is 0.410 e. The maximum absolute atomic E-state index is 13.7. The van der Waals surface area contributed by atoms with Crippen molar-refractivity contribution < 1.29 is 23.5 Å². The molecular formula is C20H27FN2O4. The summed E-state index contributed by atoms with van der Waals surface area (Å²) in [5.74, 6) is -0.472. The van der Waals surface area contributed by atoms with E-state index < -0.39 is 17.5 Å². The molecule has 1 aliphatic rings. The number of ketones is 1. The van der Waals surface area contributed by atoms with Crippen molar-refractivity contribution >= 4 is 17.8 Å². The van der Waals surface area contributed by atoms with Gasteiger partial charge in [-0.1, -0.05) is 0 Å². The summed E-state index contributed by atoms with van der Waals surface area (Å²) in [5, 5.41) is 0. The number of ether oxygens (including phenoxy) is 2. The number of benzene rings is 1. The van der Waals surface area contributed by atoms with E-state index in [0.717, 1.165) is 0 Å². The highest BCUT2D eigenvalue weighted by Crippen LogP contribution is 2.24. The van der Waals surface area contributed by atoms with E-state index in [0.29, 0.717) is 18.1 Å². The van der Waals surface area contributed by atoms with Crippen molar-refractivity contribution in [2.24, 2.45) is 4.99 Å². The Labute approximate surface area is 159 Å². The van der Waals surface area contributed by atoms with Crippen LogP contribution in [0.2, 0.25) is 0 Å². The molecule has 27 heavy (non-hydrogen) atoms. The minimum atomic E-state index is -0.615. The molecule has 0 fully saturated rings. The first-order valence-corrected chi connectivity index (χ1v) is 8.88. The second kappa shape index (κ2) is 7.66. The Hall–Kier alpha value is -2.44. The van der Waals surface area contributed by atoms with Crippen LogP contribution in [0.5, 0.6) is 0 Å². The molecule has 0 spiro atoms. The molecule has 0 aliphatic carbocycles. The van der Waals surface area contributed by atoms with Crippen molar-refractivity contribution in [2.75, 3.05) is 20.2 Å². The molecule has 6 nitrogen and oxygen atoms in total. The van der Waals surface area contributed by atoms with E-state index in [4.69, 9.17) is 9.47 Å². The summed E-state index contributed by atoms with van der Waals surface area (Å²) >= 11 is 0. The van der Waals surface area contributed by atoms with Gasteiger partial charge in [0, 0.05) is 31.1 Å². The molecule has 0 bridgehead atoms. The van der Waals surface area contributed by atoms with E-state index >= 15 is 0 Å². The molecule has 148 valence electrons. The summed E-state index contributed by atoms with van der Waals surface area (Å²) in [7, 11) is 1.56. The lowest BCUT2D eigenvalue weighted by Gasteiger charge is -2.24. The van der Waals surface area contributed by atoms with Gasteiger partial charge in [0.1, 0.15) is 18.0 Å². The normalized spacial score (nSPS) is 15.7. The molecule has 0 radical (unpaired) electrons. The summed E-state index contributed by atoms with van der Waals surface area (Å²) in [4.78, 5) is 30.5. The predicted molar refractivity (Wildman–Crippen MR) is 101 cm³/mol. The fourth-order valence-corrected chi connectivity index (χ4v) is 2.49. The second-order valence-corrected chi connectivity index (χ2v) is 8.28. The number of nitrogens with zero attached hydrogens (tertiary/aromatic N) is 2. The number of hydrogen-bond acceptors (Lipinski definition) is 5. The number of hydrogen-bond donors (Lipinski definition) is 0. The molecule has 0 aromatic heterocycles. The van der Waals surface area contributed by atoms with E-state index in [1.807, 2.05) is 13.8 Å². The Morgan fingerprint density at radius 3 is 2.56 bits per heavy atom. The number of Topliss-reactive ketones (excluding diaryl/α,β-unsaturated/α-hetero) is 1. The lowest BCUT2D eigenvalue weighted by Crippen LogP contribution is -2.35. The Balaban J connectivity index is 2.13. The minimum absolute atomic E-state index is 0.0306. The number of amides is 1. The largest absolute Gasteiger partial charge is 0.475 e. The SMILES string of the molecule is CN(CCC(=O)c1cc(F)ccc1C1=NC(C)(C)CO1)C(=O)OC(C)(C)C. The number of halogens is 1. The Morgan fingerprint density at radius 2 is 2.00 bits per heavy atom. The molecule has 0 saturated heterocycles. The van der Waals surface area contributed by atoms with Gasteiger partial charge in [-0.2, -0.15) is 0 Å². The van der Waals surface area contributed by atoms with Crippen LogP contribution in [-0.4, -0.2) is 54.0 Å². The first kappa shape index (κ1) is 20.9. The number of rotatable bonds is 5. The zero-order valence-corrected chi connectivity index (χ0v) is 16.8. The average Bonchev–Trinajstić information content (AvgIpc) is 2.90. The summed E-state index contributed by atoms with van der Waals surface area (Å²) in [6.45, 7) is 9.70. The number of carbonyl (C=O) groups is 2. The monoisotopic (exact) mass is 378 g/mol. The van der Waals surface area contributed by atoms with Crippen molar-refractivity contribution in [2.45, 2.75) is 52.2 Å². The highest BCUT2D eigenvalue weighted by Gasteiger charge is 2.29. The molecule has 7 heteroatoms. The smallest absolute Gasteiger partial charge is 0.410 e. The van der Waals surface area contributed by atoms with Gasteiger partial charge in [-0.25, -0.2) is 14.2 Å². The highest BCUT2D eigenvalue weighted by atomic mass is 19.1. The minimum Gasteiger partial charge on any atom is -0.475 e. The van der Waals surface area contributed by atoms with Gasteiger partial charge in [-0.05, 0) is 52.8 Å². The highest BCUT2D eigenvalue weighted by molar-refractivity contribution is 6.08. The predicted octanol–water partition coefficient (Wildman–Crippen LogP) is 3.82. The van der Waals surface area contributed by atoms with Crippen molar-refractivity contribution in [1.82, 2.24) is 4.90 Å². The molecule has 1 aromatic carbocycles. The zero-order valence-electron chi connectivity index (χ0n) is 16.8. The molecule has 0 unspecified atom stereocenters. The molecule has 1 heterocycles. The molecule has 0 saturated carbocycles. The Morgan fingerprint density at radius 1 is 1.33 bits per heavy atom. The summed E-state index contributed by atoms with van der Waals surface area (Å²) < 4.78 is 24.6. The van der Waals surface area contributed by atoms with Gasteiger partial charge in [-0.15, -0.1) is 0 Å². The van der Waals surface area contributed by atoms with E-state index in [1.54, 1.807) is 27.8 Å². The molecule has 1 amide bonds. The van der Waals surface area contributed by atoms with Gasteiger partial charge in [0.05, 0.1) is 5.54 Å². The molecule has 2 rings (SSSR count). The van der Waals surface area contributed by atoms with Gasteiger partial charge in [0.2, 0.25) is 5.90 Å². The van der Waals surface area contributed by atoms with Crippen LogP contribution >= 0.6 is 0 Å². The fourth-order valence-electron chi connectivity index (χ4n) is 2.49. The van der Waals surface area contributed by atoms with Crippen LogP contribution in [0, 0.1) is 5.82 Å². The van der Waals surface area contributed by atoms with Gasteiger partial charge in [-0.3, -0.25) is 4.79 Å². The van der Waals surface area contributed by atoms with Crippen molar-refractivity contribution in [3.05, 3.63) is 35.1 Å². The molecule has 0 atom stereocenters. The van der Waals surface area contributed by atoms with Gasteiger partial charge < -0.3 is 14.4 Å². The van der Waals surface area contributed by atoms with Crippen LogP contribution in [0.3, 0.4) is 0 Å². The second-order valence-electron chi connectivity index (χ2n) is 8.28. The summed E-state index contributed by atoms with van der Waals surface area (Å²) in [5.41, 5.74) is -0.340. The third kappa shape index (κ3) is 5.77. The molecule has 1 aliphatic heterocycles. The van der Waals surface area contributed by atoms with Gasteiger partial charge in [0.25, 0.3) is 0 Å². The van der Waals surface area contributed by atoms with Gasteiger partial charge in [0.15, 0.2) is 5.78 Å². The number of aliphatic imine (C=N–C) groups is 1. The quantitative estimate of drug-likeness (QED) is 0.731.